The highest BCUT2D eigenvalue weighted by molar-refractivity contribution is 5.38. The van der Waals surface area contributed by atoms with Crippen LogP contribution in [0.1, 0.15) is 48.4 Å². The van der Waals surface area contributed by atoms with Gasteiger partial charge in [0.05, 0.1) is 0 Å². The summed E-state index contributed by atoms with van der Waals surface area (Å²) in [5.41, 5.74) is 5.79. The van der Waals surface area contributed by atoms with Gasteiger partial charge in [-0.2, -0.15) is 0 Å². The van der Waals surface area contributed by atoms with Crippen LogP contribution in [0, 0.1) is 26.7 Å². The van der Waals surface area contributed by atoms with Crippen LogP contribution in [-0.4, -0.2) is 25.8 Å². The Hall–Kier alpha value is -0.860. The maximum absolute atomic E-state index is 5.55. The minimum Gasteiger partial charge on any atom is -0.381 e. The molecule has 1 aliphatic rings. The smallest absolute Gasteiger partial charge is 0.0495 e. The van der Waals surface area contributed by atoms with Crippen molar-refractivity contribution in [1.82, 2.24) is 5.32 Å². The van der Waals surface area contributed by atoms with Gasteiger partial charge in [-0.05, 0) is 75.6 Å². The van der Waals surface area contributed by atoms with Crippen molar-refractivity contribution in [2.24, 2.45) is 5.92 Å². The Morgan fingerprint density at radius 1 is 1.24 bits per heavy atom. The molecule has 0 bridgehead atoms. The number of aryl methyl sites for hydroxylation is 3. The van der Waals surface area contributed by atoms with Crippen molar-refractivity contribution >= 4 is 0 Å². The van der Waals surface area contributed by atoms with E-state index in [1.54, 1.807) is 0 Å². The zero-order chi connectivity index (χ0) is 15.2. The van der Waals surface area contributed by atoms with Gasteiger partial charge in [-0.25, -0.2) is 0 Å². The van der Waals surface area contributed by atoms with E-state index in [1.807, 2.05) is 0 Å². The van der Waals surface area contributed by atoms with Gasteiger partial charge in [0.2, 0.25) is 0 Å². The van der Waals surface area contributed by atoms with Gasteiger partial charge >= 0.3 is 0 Å². The monoisotopic (exact) mass is 289 g/mol. The first-order valence-corrected chi connectivity index (χ1v) is 8.48. The van der Waals surface area contributed by atoms with E-state index in [9.17, 15) is 0 Å². The molecule has 21 heavy (non-hydrogen) atoms. The molecule has 0 aliphatic carbocycles. The highest BCUT2D eigenvalue weighted by atomic mass is 16.5. The van der Waals surface area contributed by atoms with Crippen LogP contribution in [0.5, 0.6) is 0 Å². The Balaban J connectivity index is 2.06. The first kappa shape index (κ1) is 16.5. The van der Waals surface area contributed by atoms with Gasteiger partial charge in [0.15, 0.2) is 0 Å². The molecule has 2 nitrogen and oxygen atoms in total. The van der Waals surface area contributed by atoms with Crippen LogP contribution in [0.2, 0.25) is 0 Å². The molecule has 1 saturated heterocycles. The second kappa shape index (κ2) is 7.95. The molecule has 0 aromatic heterocycles. The van der Waals surface area contributed by atoms with E-state index in [4.69, 9.17) is 4.74 Å². The summed E-state index contributed by atoms with van der Waals surface area (Å²) < 4.78 is 5.55. The standard InChI is InChI=1S/C19H31NO/c1-5-7-20-18(11-17-6-8-21-13-17)12-19-15(3)9-14(2)10-16(19)4/h9-10,17-18,20H,5-8,11-13H2,1-4H3. The minimum atomic E-state index is 0.580. The van der Waals surface area contributed by atoms with Gasteiger partial charge < -0.3 is 10.1 Å². The van der Waals surface area contributed by atoms with Gasteiger partial charge in [-0.1, -0.05) is 24.6 Å². The van der Waals surface area contributed by atoms with Crippen LogP contribution in [0.15, 0.2) is 12.1 Å². The van der Waals surface area contributed by atoms with Crippen molar-refractivity contribution in [3.05, 3.63) is 34.4 Å². The summed E-state index contributed by atoms with van der Waals surface area (Å²) in [5, 5.41) is 3.76. The number of nitrogens with one attached hydrogen (secondary N) is 1. The van der Waals surface area contributed by atoms with Gasteiger partial charge in [0, 0.05) is 19.3 Å². The number of rotatable bonds is 7. The van der Waals surface area contributed by atoms with Gasteiger partial charge in [0.1, 0.15) is 0 Å². The summed E-state index contributed by atoms with van der Waals surface area (Å²) >= 11 is 0. The second-order valence-electron chi connectivity index (χ2n) is 6.70. The number of benzene rings is 1. The molecule has 1 aliphatic heterocycles. The fraction of sp³-hybridized carbons (Fsp3) is 0.684. The molecule has 0 spiro atoms. The molecule has 0 saturated carbocycles. The normalized spacial score (nSPS) is 19.9. The second-order valence-corrected chi connectivity index (χ2v) is 6.70. The van der Waals surface area contributed by atoms with Crippen LogP contribution in [-0.2, 0) is 11.2 Å². The predicted molar refractivity (Wildman–Crippen MR) is 90.0 cm³/mol. The van der Waals surface area contributed by atoms with Gasteiger partial charge in [-0.15, -0.1) is 0 Å². The summed E-state index contributed by atoms with van der Waals surface area (Å²) in [6, 6.07) is 5.22. The molecular formula is C19H31NO. The molecule has 0 radical (unpaired) electrons. The Bertz CT molecular complexity index is 426. The molecular weight excluding hydrogens is 258 g/mol. The molecule has 0 amide bonds. The van der Waals surface area contributed by atoms with Crippen molar-refractivity contribution in [3.8, 4) is 0 Å². The van der Waals surface area contributed by atoms with E-state index in [1.165, 1.54) is 41.5 Å². The summed E-state index contributed by atoms with van der Waals surface area (Å²) in [6.45, 7) is 12.0. The lowest BCUT2D eigenvalue weighted by molar-refractivity contribution is 0.181. The van der Waals surface area contributed by atoms with Gasteiger partial charge in [-0.3, -0.25) is 0 Å². The largest absolute Gasteiger partial charge is 0.381 e. The van der Waals surface area contributed by atoms with Crippen LogP contribution < -0.4 is 5.32 Å². The average molecular weight is 289 g/mol. The maximum Gasteiger partial charge on any atom is 0.0495 e. The lowest BCUT2D eigenvalue weighted by atomic mass is 9.90. The molecule has 1 N–H and O–H groups in total. The Morgan fingerprint density at radius 3 is 2.52 bits per heavy atom. The minimum absolute atomic E-state index is 0.580. The van der Waals surface area contributed by atoms with E-state index in [0.717, 1.165) is 32.1 Å². The summed E-state index contributed by atoms with van der Waals surface area (Å²) in [7, 11) is 0. The van der Waals surface area contributed by atoms with Crippen molar-refractivity contribution in [3.63, 3.8) is 0 Å². The third kappa shape index (κ3) is 4.82. The van der Waals surface area contributed by atoms with Gasteiger partial charge in [0.25, 0.3) is 0 Å². The molecule has 1 heterocycles. The maximum atomic E-state index is 5.55. The van der Waals surface area contributed by atoms with Crippen LogP contribution in [0.25, 0.3) is 0 Å². The van der Waals surface area contributed by atoms with E-state index in [2.05, 4.69) is 45.1 Å². The molecule has 2 heteroatoms. The molecule has 118 valence electrons. The fourth-order valence-electron chi connectivity index (χ4n) is 3.54. The van der Waals surface area contributed by atoms with E-state index in [0.29, 0.717) is 6.04 Å². The van der Waals surface area contributed by atoms with Crippen molar-refractivity contribution in [1.29, 1.82) is 0 Å². The SMILES string of the molecule is CCCNC(Cc1c(C)cc(C)cc1C)CC1CCOC1. The first-order valence-electron chi connectivity index (χ1n) is 8.48. The molecule has 1 fully saturated rings. The highest BCUT2D eigenvalue weighted by Gasteiger charge is 2.21. The number of hydrogen-bond donors (Lipinski definition) is 1. The van der Waals surface area contributed by atoms with E-state index < -0.39 is 0 Å². The summed E-state index contributed by atoms with van der Waals surface area (Å²) in [5.74, 6) is 0.741. The fourth-order valence-corrected chi connectivity index (χ4v) is 3.54. The molecule has 1 aromatic rings. The van der Waals surface area contributed by atoms with Crippen LogP contribution in [0.4, 0.5) is 0 Å². The quantitative estimate of drug-likeness (QED) is 0.820. The number of ether oxygens (including phenoxy) is 1. The highest BCUT2D eigenvalue weighted by Crippen LogP contribution is 2.23. The molecule has 2 atom stereocenters. The molecule has 2 unspecified atom stereocenters. The first-order chi connectivity index (χ1) is 10.1. The summed E-state index contributed by atoms with van der Waals surface area (Å²) in [6.07, 6.45) is 4.82. The summed E-state index contributed by atoms with van der Waals surface area (Å²) in [4.78, 5) is 0. The predicted octanol–water partition coefficient (Wildman–Crippen LogP) is 3.95. The zero-order valence-electron chi connectivity index (χ0n) is 14.2. The third-order valence-corrected chi connectivity index (χ3v) is 4.62. The van der Waals surface area contributed by atoms with Crippen LogP contribution >= 0.6 is 0 Å². The Kier molecular flexibility index (Phi) is 6.25. The lowest BCUT2D eigenvalue weighted by Gasteiger charge is -2.23. The molecule has 1 aromatic carbocycles. The van der Waals surface area contributed by atoms with Crippen molar-refractivity contribution in [2.75, 3.05) is 19.8 Å². The van der Waals surface area contributed by atoms with E-state index >= 15 is 0 Å². The van der Waals surface area contributed by atoms with Crippen molar-refractivity contribution in [2.45, 2.75) is 59.4 Å². The Labute approximate surface area is 130 Å². The van der Waals surface area contributed by atoms with Crippen LogP contribution in [0.3, 0.4) is 0 Å². The topological polar surface area (TPSA) is 21.3 Å². The van der Waals surface area contributed by atoms with Crippen molar-refractivity contribution < 1.29 is 4.74 Å². The molecule has 2 rings (SSSR count). The third-order valence-electron chi connectivity index (χ3n) is 4.62. The lowest BCUT2D eigenvalue weighted by Crippen LogP contribution is -2.34. The Morgan fingerprint density at radius 2 is 1.95 bits per heavy atom. The number of hydrogen-bond acceptors (Lipinski definition) is 2. The van der Waals surface area contributed by atoms with E-state index in [-0.39, 0.29) is 0 Å². The zero-order valence-corrected chi connectivity index (χ0v) is 14.2. The average Bonchev–Trinajstić information content (AvgIpc) is 2.92.